The van der Waals surface area contributed by atoms with Crippen LogP contribution in [0.5, 0.6) is 0 Å². The van der Waals surface area contributed by atoms with E-state index in [4.69, 9.17) is 5.73 Å². The van der Waals surface area contributed by atoms with Crippen molar-refractivity contribution in [3.8, 4) is 0 Å². The van der Waals surface area contributed by atoms with Gasteiger partial charge in [-0.25, -0.2) is 0 Å². The Kier molecular flexibility index (Phi) is 3.41. The first-order chi connectivity index (χ1) is 6.50. The molecule has 0 amide bonds. The van der Waals surface area contributed by atoms with Crippen molar-refractivity contribution in [2.75, 3.05) is 0 Å². The summed E-state index contributed by atoms with van der Waals surface area (Å²) in [6, 6.07) is 1.64. The number of nitrogens with zero attached hydrogens (tertiary/aromatic N) is 2. The van der Waals surface area contributed by atoms with Gasteiger partial charge >= 0.3 is 0 Å². The van der Waals surface area contributed by atoms with Crippen molar-refractivity contribution in [1.82, 2.24) is 9.78 Å². The van der Waals surface area contributed by atoms with Crippen LogP contribution in [0.4, 0.5) is 0 Å². The molecule has 4 nitrogen and oxygen atoms in total. The van der Waals surface area contributed by atoms with E-state index in [9.17, 15) is 4.79 Å². The van der Waals surface area contributed by atoms with Gasteiger partial charge in [-0.15, -0.1) is 0 Å². The Morgan fingerprint density at radius 3 is 2.71 bits per heavy atom. The molecule has 0 spiro atoms. The third-order valence-corrected chi connectivity index (χ3v) is 2.28. The zero-order chi connectivity index (χ0) is 10.7. The molecule has 2 N–H and O–H groups in total. The molecule has 0 aliphatic heterocycles. The van der Waals surface area contributed by atoms with Crippen molar-refractivity contribution in [3.05, 3.63) is 18.0 Å². The molecular formula is C10H17N3O. The van der Waals surface area contributed by atoms with E-state index in [1.54, 1.807) is 24.0 Å². The Balaban J connectivity index is 2.59. The molecule has 1 atom stereocenters. The van der Waals surface area contributed by atoms with Gasteiger partial charge < -0.3 is 5.73 Å². The summed E-state index contributed by atoms with van der Waals surface area (Å²) in [5.74, 6) is 0.342. The van der Waals surface area contributed by atoms with E-state index in [-0.39, 0.29) is 11.8 Å². The predicted molar refractivity (Wildman–Crippen MR) is 55.0 cm³/mol. The van der Waals surface area contributed by atoms with Crippen LogP contribution in [-0.2, 0) is 7.05 Å². The molecule has 0 aromatic carbocycles. The highest BCUT2D eigenvalue weighted by molar-refractivity contribution is 5.94. The van der Waals surface area contributed by atoms with Crippen LogP contribution in [-0.4, -0.2) is 21.6 Å². The van der Waals surface area contributed by atoms with Crippen LogP contribution in [0.3, 0.4) is 0 Å². The van der Waals surface area contributed by atoms with Crippen LogP contribution in [0.1, 0.15) is 30.8 Å². The van der Waals surface area contributed by atoms with Crippen LogP contribution in [0.25, 0.3) is 0 Å². The van der Waals surface area contributed by atoms with E-state index in [2.05, 4.69) is 5.10 Å². The Bertz CT molecular complexity index is 317. The molecule has 14 heavy (non-hydrogen) atoms. The smallest absolute Gasteiger partial charge is 0.184 e. The maximum atomic E-state index is 11.6. The summed E-state index contributed by atoms with van der Waals surface area (Å²) in [7, 11) is 1.79. The monoisotopic (exact) mass is 195 g/mol. The van der Waals surface area contributed by atoms with E-state index in [0.29, 0.717) is 18.0 Å². The molecule has 1 aromatic heterocycles. The van der Waals surface area contributed by atoms with E-state index in [1.165, 1.54) is 0 Å². The molecule has 1 rings (SSSR count). The zero-order valence-corrected chi connectivity index (χ0v) is 8.90. The zero-order valence-electron chi connectivity index (χ0n) is 8.90. The van der Waals surface area contributed by atoms with Crippen molar-refractivity contribution >= 4 is 5.78 Å². The van der Waals surface area contributed by atoms with Gasteiger partial charge in [0.25, 0.3) is 0 Å². The number of ketones is 1. The van der Waals surface area contributed by atoms with Gasteiger partial charge in [-0.05, 0) is 12.0 Å². The molecular weight excluding hydrogens is 178 g/mol. The van der Waals surface area contributed by atoms with Gasteiger partial charge in [0.05, 0.1) is 0 Å². The van der Waals surface area contributed by atoms with Crippen molar-refractivity contribution in [1.29, 1.82) is 0 Å². The molecule has 0 aliphatic rings. The largest absolute Gasteiger partial charge is 0.327 e. The van der Waals surface area contributed by atoms with Gasteiger partial charge in [0.2, 0.25) is 0 Å². The van der Waals surface area contributed by atoms with Crippen LogP contribution < -0.4 is 5.73 Å². The number of carbonyl (C=O) groups excluding carboxylic acids is 1. The van der Waals surface area contributed by atoms with Crippen LogP contribution >= 0.6 is 0 Å². The molecule has 1 aromatic rings. The topological polar surface area (TPSA) is 60.9 Å². The minimum Gasteiger partial charge on any atom is -0.327 e. The highest BCUT2D eigenvalue weighted by Crippen LogP contribution is 2.07. The summed E-state index contributed by atoms with van der Waals surface area (Å²) in [4.78, 5) is 11.6. The summed E-state index contributed by atoms with van der Waals surface area (Å²) in [6.07, 6.45) is 2.13. The molecule has 0 radical (unpaired) electrons. The predicted octanol–water partition coefficient (Wildman–Crippen LogP) is 0.976. The highest BCUT2D eigenvalue weighted by Gasteiger charge is 2.15. The SMILES string of the molecule is CC(C)C(N)CC(=O)c1ccn(C)n1. The number of rotatable bonds is 4. The van der Waals surface area contributed by atoms with Crippen LogP contribution in [0, 0.1) is 5.92 Å². The second-order valence-corrected chi connectivity index (χ2v) is 3.91. The molecule has 0 bridgehead atoms. The molecule has 0 saturated carbocycles. The Labute approximate surface area is 84.1 Å². The van der Waals surface area contributed by atoms with E-state index < -0.39 is 0 Å². The van der Waals surface area contributed by atoms with Crippen molar-refractivity contribution in [2.45, 2.75) is 26.3 Å². The maximum absolute atomic E-state index is 11.6. The van der Waals surface area contributed by atoms with E-state index >= 15 is 0 Å². The number of aromatic nitrogens is 2. The third kappa shape index (κ3) is 2.67. The lowest BCUT2D eigenvalue weighted by atomic mass is 9.99. The molecule has 4 heteroatoms. The fraction of sp³-hybridized carbons (Fsp3) is 0.600. The minimum atomic E-state index is -0.0792. The Hall–Kier alpha value is -1.16. The molecule has 1 heterocycles. The lowest BCUT2D eigenvalue weighted by molar-refractivity contribution is 0.0962. The summed E-state index contributed by atoms with van der Waals surface area (Å²) >= 11 is 0. The Morgan fingerprint density at radius 2 is 2.29 bits per heavy atom. The average molecular weight is 195 g/mol. The molecule has 0 fully saturated rings. The lowest BCUT2D eigenvalue weighted by Gasteiger charge is -2.13. The summed E-state index contributed by atoms with van der Waals surface area (Å²) in [5.41, 5.74) is 6.31. The van der Waals surface area contributed by atoms with Gasteiger partial charge in [0, 0.05) is 25.7 Å². The number of aryl methyl sites for hydroxylation is 1. The van der Waals surface area contributed by atoms with Crippen molar-refractivity contribution in [3.63, 3.8) is 0 Å². The molecule has 1 unspecified atom stereocenters. The average Bonchev–Trinajstić information content (AvgIpc) is 2.51. The first-order valence-electron chi connectivity index (χ1n) is 4.79. The molecule has 0 saturated heterocycles. The van der Waals surface area contributed by atoms with Crippen molar-refractivity contribution < 1.29 is 4.79 Å². The maximum Gasteiger partial charge on any atom is 0.184 e. The van der Waals surface area contributed by atoms with Crippen LogP contribution in [0.15, 0.2) is 12.3 Å². The standard InChI is InChI=1S/C10H17N3O/c1-7(2)8(11)6-10(14)9-4-5-13(3)12-9/h4-5,7-8H,6,11H2,1-3H3. The fourth-order valence-corrected chi connectivity index (χ4v) is 1.12. The number of hydrogen-bond donors (Lipinski definition) is 1. The molecule has 0 aliphatic carbocycles. The summed E-state index contributed by atoms with van der Waals surface area (Å²) < 4.78 is 1.62. The second kappa shape index (κ2) is 4.37. The van der Waals surface area contributed by atoms with Crippen LogP contribution in [0.2, 0.25) is 0 Å². The highest BCUT2D eigenvalue weighted by atomic mass is 16.1. The van der Waals surface area contributed by atoms with Gasteiger partial charge in [-0.2, -0.15) is 5.10 Å². The van der Waals surface area contributed by atoms with Gasteiger partial charge in [-0.3, -0.25) is 9.48 Å². The number of nitrogens with two attached hydrogens (primary N) is 1. The molecule has 78 valence electrons. The van der Waals surface area contributed by atoms with Gasteiger partial charge in [0.1, 0.15) is 5.69 Å². The second-order valence-electron chi connectivity index (χ2n) is 3.91. The van der Waals surface area contributed by atoms with E-state index in [1.807, 2.05) is 13.8 Å². The van der Waals surface area contributed by atoms with Crippen molar-refractivity contribution in [2.24, 2.45) is 18.7 Å². The Morgan fingerprint density at radius 1 is 1.64 bits per heavy atom. The minimum absolute atomic E-state index is 0.0202. The summed E-state index contributed by atoms with van der Waals surface area (Å²) in [5, 5.41) is 4.03. The normalized spacial score (nSPS) is 13.2. The van der Waals surface area contributed by atoms with Gasteiger partial charge in [0.15, 0.2) is 5.78 Å². The fourth-order valence-electron chi connectivity index (χ4n) is 1.12. The number of hydrogen-bond acceptors (Lipinski definition) is 3. The number of Topliss-reactive ketones (excluding diaryl/α,β-unsaturated/α-hetero) is 1. The van der Waals surface area contributed by atoms with Gasteiger partial charge in [-0.1, -0.05) is 13.8 Å². The first kappa shape index (κ1) is 10.9. The summed E-state index contributed by atoms with van der Waals surface area (Å²) in [6.45, 7) is 4.02. The quantitative estimate of drug-likeness (QED) is 0.728. The third-order valence-electron chi connectivity index (χ3n) is 2.28. The first-order valence-corrected chi connectivity index (χ1v) is 4.79. The number of carbonyl (C=O) groups is 1. The lowest BCUT2D eigenvalue weighted by Crippen LogP contribution is -2.29. The van der Waals surface area contributed by atoms with E-state index in [0.717, 1.165) is 0 Å².